The fourth-order valence-electron chi connectivity index (χ4n) is 5.15. The van der Waals surface area contributed by atoms with Crippen molar-refractivity contribution >= 4 is 18.2 Å². The first kappa shape index (κ1) is 30.3. The molecule has 2 aliphatic heterocycles. The molecule has 0 bridgehead atoms. The van der Waals surface area contributed by atoms with Gasteiger partial charge in [-0.15, -0.1) is 0 Å². The van der Waals surface area contributed by atoms with Gasteiger partial charge in [0.05, 0.1) is 31.5 Å². The van der Waals surface area contributed by atoms with Crippen LogP contribution >= 0.6 is 0 Å². The van der Waals surface area contributed by atoms with E-state index in [0.29, 0.717) is 35.1 Å². The van der Waals surface area contributed by atoms with Crippen LogP contribution in [0.25, 0.3) is 5.69 Å². The average molecular weight is 606 g/mol. The second kappa shape index (κ2) is 13.0. The number of carbonyl (C=O) groups is 2. The van der Waals surface area contributed by atoms with Crippen LogP contribution in [-0.4, -0.2) is 61.2 Å². The number of aliphatic hydroxyl groups excluding tert-OH is 1. The average Bonchev–Trinajstić information content (AvgIpc) is 3.58. The van der Waals surface area contributed by atoms with Crippen molar-refractivity contribution in [1.82, 2.24) is 20.6 Å². The molecule has 0 radical (unpaired) electrons. The number of aromatic nitrogens is 1. The van der Waals surface area contributed by atoms with Crippen LogP contribution in [0.1, 0.15) is 42.4 Å². The van der Waals surface area contributed by atoms with E-state index in [1.54, 1.807) is 31.3 Å². The summed E-state index contributed by atoms with van der Waals surface area (Å²) < 4.78 is 29.5. The first-order chi connectivity index (χ1) is 21.2. The number of carbonyl (C=O) groups excluding carboxylic acids is 2. The molecule has 1 aromatic heterocycles. The lowest BCUT2D eigenvalue weighted by atomic mass is 9.95. The third-order valence-electron chi connectivity index (χ3n) is 7.18. The summed E-state index contributed by atoms with van der Waals surface area (Å²) in [6.07, 6.45) is 0.509. The highest BCUT2D eigenvalue weighted by Gasteiger charge is 2.32. The first-order valence-corrected chi connectivity index (χ1v) is 14.0. The van der Waals surface area contributed by atoms with E-state index in [1.807, 2.05) is 45.0 Å². The Balaban J connectivity index is 1.24. The monoisotopic (exact) mass is 605 g/mol. The lowest BCUT2D eigenvalue weighted by molar-refractivity contribution is -0.136. The fourth-order valence-corrected chi connectivity index (χ4v) is 5.15. The lowest BCUT2D eigenvalue weighted by Gasteiger charge is -2.28. The Labute approximate surface area is 254 Å². The van der Waals surface area contributed by atoms with Crippen molar-refractivity contribution < 1.29 is 38.4 Å². The summed E-state index contributed by atoms with van der Waals surface area (Å²) in [7, 11) is 1.28. The molecule has 0 saturated carbocycles. The van der Waals surface area contributed by atoms with Crippen molar-refractivity contribution in [3.8, 4) is 28.7 Å². The van der Waals surface area contributed by atoms with Gasteiger partial charge >= 0.3 is 12.0 Å². The second-order valence-corrected chi connectivity index (χ2v) is 10.1. The predicted octanol–water partition coefficient (Wildman–Crippen LogP) is 3.34. The Kier molecular flexibility index (Phi) is 8.95. The zero-order valence-electron chi connectivity index (χ0n) is 25.1. The van der Waals surface area contributed by atoms with Crippen LogP contribution in [-0.2, 0) is 9.53 Å². The van der Waals surface area contributed by atoms with Crippen molar-refractivity contribution in [2.24, 2.45) is 5.10 Å². The van der Waals surface area contributed by atoms with Crippen LogP contribution in [0.2, 0.25) is 0 Å². The van der Waals surface area contributed by atoms with Crippen molar-refractivity contribution in [2.75, 3.05) is 27.1 Å². The van der Waals surface area contributed by atoms with Crippen LogP contribution in [0, 0.1) is 13.8 Å². The highest BCUT2D eigenvalue weighted by atomic mass is 16.7. The second-order valence-electron chi connectivity index (χ2n) is 10.1. The number of rotatable bonds is 11. The molecule has 4 N–H and O–H groups in total. The molecular formula is C31H35N5O8. The van der Waals surface area contributed by atoms with E-state index in [1.165, 1.54) is 7.11 Å². The molecule has 3 heterocycles. The number of benzene rings is 2. The molecule has 44 heavy (non-hydrogen) atoms. The van der Waals surface area contributed by atoms with Gasteiger partial charge in [0.1, 0.15) is 6.61 Å². The number of hydrogen-bond donors (Lipinski definition) is 4. The van der Waals surface area contributed by atoms with Gasteiger partial charge in [0.25, 0.3) is 0 Å². The topological polar surface area (TPSA) is 154 Å². The van der Waals surface area contributed by atoms with Gasteiger partial charge in [-0.1, -0.05) is 6.07 Å². The zero-order valence-corrected chi connectivity index (χ0v) is 25.1. The minimum atomic E-state index is -1.13. The Morgan fingerprint density at radius 2 is 1.93 bits per heavy atom. The fraction of sp³-hybridized carbons (Fsp3) is 0.323. The van der Waals surface area contributed by atoms with Gasteiger partial charge in [-0.2, -0.15) is 5.10 Å². The molecule has 2 aliphatic rings. The van der Waals surface area contributed by atoms with Gasteiger partial charge in [-0.25, -0.2) is 9.59 Å². The van der Waals surface area contributed by atoms with E-state index in [4.69, 9.17) is 23.7 Å². The van der Waals surface area contributed by atoms with Gasteiger partial charge in [-0.05, 0) is 63.6 Å². The van der Waals surface area contributed by atoms with E-state index < -0.39 is 24.3 Å². The molecular weight excluding hydrogens is 570 g/mol. The van der Waals surface area contributed by atoms with Gasteiger partial charge in [0.2, 0.25) is 6.79 Å². The number of aliphatic hydroxyl groups is 1. The Morgan fingerprint density at radius 3 is 2.70 bits per heavy atom. The molecule has 2 atom stereocenters. The first-order valence-electron chi connectivity index (χ1n) is 14.0. The number of nitrogens with zero attached hydrogens (tertiary/aromatic N) is 2. The van der Waals surface area contributed by atoms with Crippen LogP contribution in [0.4, 0.5) is 4.79 Å². The molecule has 2 aromatic carbocycles. The summed E-state index contributed by atoms with van der Waals surface area (Å²) in [4.78, 5) is 24.6. The number of methoxy groups -OCH3 is 1. The van der Waals surface area contributed by atoms with Crippen LogP contribution in [0.5, 0.6) is 23.0 Å². The number of urea groups is 1. The van der Waals surface area contributed by atoms with E-state index in [9.17, 15) is 14.7 Å². The Morgan fingerprint density at radius 1 is 1.14 bits per heavy atom. The number of hydrogen-bond acceptors (Lipinski definition) is 10. The normalized spacial score (nSPS) is 16.4. The maximum atomic E-state index is 12.5. The molecule has 232 valence electrons. The maximum absolute atomic E-state index is 12.5. The summed E-state index contributed by atoms with van der Waals surface area (Å²) >= 11 is 0. The molecule has 0 aliphatic carbocycles. The molecule has 0 saturated heterocycles. The third kappa shape index (κ3) is 6.27. The minimum Gasteiger partial charge on any atom is -0.490 e. The van der Waals surface area contributed by atoms with Gasteiger partial charge in [0, 0.05) is 34.4 Å². The quantitative estimate of drug-likeness (QED) is 0.112. The summed E-state index contributed by atoms with van der Waals surface area (Å²) in [6, 6.07) is 11.6. The standard InChI is InChI=1S/C31H35N5O8/c1-6-41-25-12-20(29-28(30(38)40-5)18(3)33-31(39)34-29)7-9-23(25)42-15-27(37)35-32-14-21-11-17(2)36(19(21)4)22-8-10-24-26(13-22)44-16-43-24/h7-14,27,29,35,37H,6,15-16H2,1-5H3,(H2,33,34,39)/b32-14-/t27-,29-/m0/s1. The number of nitrogens with one attached hydrogen (secondary N) is 3. The van der Waals surface area contributed by atoms with Crippen LogP contribution < -0.4 is 35.0 Å². The Hall–Kier alpha value is -5.17. The predicted molar refractivity (Wildman–Crippen MR) is 160 cm³/mol. The summed E-state index contributed by atoms with van der Waals surface area (Å²) in [6.45, 7) is 7.85. The molecule has 13 heteroatoms. The smallest absolute Gasteiger partial charge is 0.337 e. The molecule has 0 spiro atoms. The summed E-state index contributed by atoms with van der Waals surface area (Å²) in [5.74, 6) is 1.61. The van der Waals surface area contributed by atoms with Gasteiger partial charge < -0.3 is 44.0 Å². The molecule has 13 nitrogen and oxygen atoms in total. The third-order valence-corrected chi connectivity index (χ3v) is 7.18. The largest absolute Gasteiger partial charge is 0.490 e. The molecule has 0 unspecified atom stereocenters. The van der Waals surface area contributed by atoms with Crippen molar-refractivity contribution in [3.63, 3.8) is 0 Å². The number of fused-ring (bicyclic) bond motifs is 1. The van der Waals surface area contributed by atoms with E-state index in [-0.39, 0.29) is 19.0 Å². The highest BCUT2D eigenvalue weighted by molar-refractivity contribution is 5.95. The number of esters is 1. The van der Waals surface area contributed by atoms with Crippen LogP contribution in [0.15, 0.2) is 58.8 Å². The molecule has 3 aromatic rings. The van der Waals surface area contributed by atoms with Crippen molar-refractivity contribution in [3.05, 3.63) is 76.2 Å². The summed E-state index contributed by atoms with van der Waals surface area (Å²) in [5, 5.41) is 20.1. The van der Waals surface area contributed by atoms with E-state index in [0.717, 1.165) is 28.4 Å². The lowest BCUT2D eigenvalue weighted by Crippen LogP contribution is -2.45. The summed E-state index contributed by atoms with van der Waals surface area (Å²) in [5.41, 5.74) is 7.73. The van der Waals surface area contributed by atoms with Gasteiger partial charge in [0.15, 0.2) is 29.2 Å². The molecule has 5 rings (SSSR count). The SMILES string of the molecule is CCOc1cc([C@@H]2NC(=O)NC(C)=C2C(=O)OC)ccc1OC[C@H](O)N/N=C\c1cc(C)n(-c2ccc3c(c2)OCO3)c1C. The van der Waals surface area contributed by atoms with Crippen molar-refractivity contribution in [1.29, 1.82) is 0 Å². The molecule has 0 fully saturated rings. The number of amides is 2. The van der Waals surface area contributed by atoms with Crippen LogP contribution in [0.3, 0.4) is 0 Å². The minimum absolute atomic E-state index is 0.135. The zero-order chi connectivity index (χ0) is 31.4. The van der Waals surface area contributed by atoms with Crippen molar-refractivity contribution in [2.45, 2.75) is 40.0 Å². The van der Waals surface area contributed by atoms with E-state index in [2.05, 4.69) is 25.7 Å². The Bertz CT molecular complexity index is 1630. The molecule has 2 amide bonds. The van der Waals surface area contributed by atoms with E-state index >= 15 is 0 Å². The number of aryl methyl sites for hydroxylation is 1. The highest BCUT2D eigenvalue weighted by Crippen LogP contribution is 2.36. The number of ether oxygens (including phenoxy) is 5. The number of allylic oxidation sites excluding steroid dienone is 1. The maximum Gasteiger partial charge on any atom is 0.337 e. The van der Waals surface area contributed by atoms with Gasteiger partial charge in [-0.3, -0.25) is 5.43 Å². The number of hydrazone groups is 1.